The second kappa shape index (κ2) is 9.95. The van der Waals surface area contributed by atoms with E-state index in [-0.39, 0.29) is 0 Å². The second-order valence-corrected chi connectivity index (χ2v) is 7.25. The van der Waals surface area contributed by atoms with Crippen molar-refractivity contribution in [2.45, 2.75) is 39.5 Å². The molecule has 0 aliphatic rings. The number of nitrogens with one attached hydrogen (secondary N) is 1. The highest BCUT2D eigenvalue weighted by atomic mass is 32.1. The van der Waals surface area contributed by atoms with Gasteiger partial charge in [0.2, 0.25) is 4.77 Å². The summed E-state index contributed by atoms with van der Waals surface area (Å²) in [4.78, 5) is 0. The van der Waals surface area contributed by atoms with Gasteiger partial charge in [-0.2, -0.15) is 14.9 Å². The lowest BCUT2D eigenvalue weighted by Crippen LogP contribution is -1.96. The molecule has 0 radical (unpaired) electrons. The Bertz CT molecular complexity index is 995. The molecule has 0 bridgehead atoms. The lowest BCUT2D eigenvalue weighted by atomic mass is 10.1. The van der Waals surface area contributed by atoms with Gasteiger partial charge < -0.3 is 0 Å². The molecular formula is C23H26N4S. The average Bonchev–Trinajstić information content (AvgIpc) is 3.08. The highest BCUT2D eigenvalue weighted by molar-refractivity contribution is 7.71. The van der Waals surface area contributed by atoms with Crippen LogP contribution in [0.3, 0.4) is 0 Å². The van der Waals surface area contributed by atoms with E-state index in [2.05, 4.69) is 59.5 Å². The Morgan fingerprint density at radius 1 is 1.11 bits per heavy atom. The topological polar surface area (TPSA) is 46.0 Å². The van der Waals surface area contributed by atoms with E-state index >= 15 is 0 Å². The van der Waals surface area contributed by atoms with Crippen LogP contribution >= 0.6 is 12.2 Å². The van der Waals surface area contributed by atoms with Crippen molar-refractivity contribution in [1.82, 2.24) is 14.9 Å². The third-order valence-corrected chi connectivity index (χ3v) is 4.78. The maximum atomic E-state index is 5.40. The van der Waals surface area contributed by atoms with Gasteiger partial charge in [-0.05, 0) is 43.1 Å². The van der Waals surface area contributed by atoms with E-state index in [4.69, 9.17) is 12.2 Å². The molecule has 5 heteroatoms. The van der Waals surface area contributed by atoms with Crippen molar-refractivity contribution in [1.29, 1.82) is 0 Å². The van der Waals surface area contributed by atoms with E-state index in [9.17, 15) is 0 Å². The van der Waals surface area contributed by atoms with Crippen LogP contribution in [0.4, 0.5) is 0 Å². The van der Waals surface area contributed by atoms with Gasteiger partial charge in [0.1, 0.15) is 0 Å². The molecule has 3 aromatic rings. The first kappa shape index (κ1) is 20.0. The Labute approximate surface area is 171 Å². The summed E-state index contributed by atoms with van der Waals surface area (Å²) in [5, 5.41) is 11.9. The van der Waals surface area contributed by atoms with Gasteiger partial charge in [-0.25, -0.2) is 5.10 Å². The van der Waals surface area contributed by atoms with Crippen molar-refractivity contribution >= 4 is 24.5 Å². The molecule has 0 atom stereocenters. The quantitative estimate of drug-likeness (QED) is 0.274. The van der Waals surface area contributed by atoms with Crippen molar-refractivity contribution in [2.75, 3.05) is 0 Å². The molecule has 28 heavy (non-hydrogen) atoms. The number of aryl methyl sites for hydroxylation is 1. The van der Waals surface area contributed by atoms with Crippen LogP contribution < -0.4 is 0 Å². The first-order chi connectivity index (χ1) is 13.7. The molecule has 2 aromatic carbocycles. The Morgan fingerprint density at radius 2 is 1.86 bits per heavy atom. The van der Waals surface area contributed by atoms with Crippen LogP contribution in [-0.2, 0) is 0 Å². The van der Waals surface area contributed by atoms with Crippen LogP contribution in [0.1, 0.15) is 43.7 Å². The van der Waals surface area contributed by atoms with Gasteiger partial charge in [0, 0.05) is 5.56 Å². The molecule has 0 aliphatic heterocycles. The normalized spacial score (nSPS) is 12.0. The highest BCUT2D eigenvalue weighted by Crippen LogP contribution is 2.18. The Balaban J connectivity index is 1.90. The monoisotopic (exact) mass is 390 g/mol. The second-order valence-electron chi connectivity index (χ2n) is 6.86. The standard InChI is InChI=1S/C23H26N4S/c1-3-4-6-11-20(16-19-9-7-5-8-10-19)17-24-27-22(25-26-23(27)28)21-14-12-18(2)13-15-21/h5,7-10,12-17H,3-4,6,11H2,1-2H3,(H,26,28)/b20-16+,24-17-. The summed E-state index contributed by atoms with van der Waals surface area (Å²) in [6, 6.07) is 18.5. The summed E-state index contributed by atoms with van der Waals surface area (Å²) in [6.45, 7) is 4.28. The van der Waals surface area contributed by atoms with Crippen molar-refractivity contribution in [3.05, 3.63) is 76.1 Å². The third-order valence-electron chi connectivity index (χ3n) is 4.52. The smallest absolute Gasteiger partial charge is 0.216 e. The summed E-state index contributed by atoms with van der Waals surface area (Å²) >= 11 is 5.40. The van der Waals surface area contributed by atoms with Crippen LogP contribution in [0.15, 0.2) is 65.3 Å². The SMILES string of the molecule is CCCCCC(/C=N\n1c(-c2ccc(C)cc2)n[nH]c1=S)=C\c1ccccc1. The number of hydrogen-bond donors (Lipinski definition) is 1. The third kappa shape index (κ3) is 5.36. The maximum Gasteiger partial charge on any atom is 0.216 e. The molecule has 0 saturated carbocycles. The zero-order chi connectivity index (χ0) is 19.8. The summed E-state index contributed by atoms with van der Waals surface area (Å²) in [5.74, 6) is 0.717. The maximum absolute atomic E-state index is 5.40. The van der Waals surface area contributed by atoms with Crippen LogP contribution in [0.2, 0.25) is 0 Å². The number of H-pyrrole nitrogens is 1. The molecule has 1 N–H and O–H groups in total. The molecule has 0 spiro atoms. The van der Waals surface area contributed by atoms with Gasteiger partial charge in [0.15, 0.2) is 5.82 Å². The lowest BCUT2D eigenvalue weighted by molar-refractivity contribution is 0.723. The molecule has 4 nitrogen and oxygen atoms in total. The minimum absolute atomic E-state index is 0.486. The molecule has 144 valence electrons. The predicted octanol–water partition coefficient (Wildman–Crippen LogP) is 6.41. The number of aromatic amines is 1. The number of unbranched alkanes of at least 4 members (excludes halogenated alkanes) is 2. The predicted molar refractivity (Wildman–Crippen MR) is 120 cm³/mol. The van der Waals surface area contributed by atoms with Crippen molar-refractivity contribution < 1.29 is 0 Å². The van der Waals surface area contributed by atoms with E-state index in [1.165, 1.54) is 29.5 Å². The summed E-state index contributed by atoms with van der Waals surface area (Å²) in [7, 11) is 0. The highest BCUT2D eigenvalue weighted by Gasteiger charge is 2.08. The van der Waals surface area contributed by atoms with Crippen LogP contribution in [0.5, 0.6) is 0 Å². The molecule has 0 fully saturated rings. The van der Waals surface area contributed by atoms with Crippen LogP contribution in [0.25, 0.3) is 17.5 Å². The first-order valence-corrected chi connectivity index (χ1v) is 10.1. The molecule has 0 aliphatic carbocycles. The largest absolute Gasteiger partial charge is 0.250 e. The van der Waals surface area contributed by atoms with Gasteiger partial charge in [0.25, 0.3) is 0 Å². The number of benzene rings is 2. The lowest BCUT2D eigenvalue weighted by Gasteiger charge is -2.04. The van der Waals surface area contributed by atoms with Crippen LogP contribution in [-0.4, -0.2) is 21.1 Å². The molecule has 3 rings (SSSR count). The average molecular weight is 391 g/mol. The van der Waals surface area contributed by atoms with E-state index < -0.39 is 0 Å². The van der Waals surface area contributed by atoms with Gasteiger partial charge in [-0.1, -0.05) is 86.0 Å². The number of nitrogens with zero attached hydrogens (tertiary/aromatic N) is 3. The minimum Gasteiger partial charge on any atom is -0.250 e. The summed E-state index contributed by atoms with van der Waals surface area (Å²) < 4.78 is 2.18. The van der Waals surface area contributed by atoms with E-state index in [1.54, 1.807) is 4.68 Å². The fourth-order valence-corrected chi connectivity index (χ4v) is 3.12. The summed E-state index contributed by atoms with van der Waals surface area (Å²) in [6.07, 6.45) is 8.62. The van der Waals surface area contributed by atoms with Crippen molar-refractivity contribution in [2.24, 2.45) is 5.10 Å². The van der Waals surface area contributed by atoms with E-state index in [0.717, 1.165) is 18.4 Å². The molecule has 0 saturated heterocycles. The molecule has 1 heterocycles. The van der Waals surface area contributed by atoms with Crippen LogP contribution in [0, 0.1) is 11.7 Å². The van der Waals surface area contributed by atoms with Crippen molar-refractivity contribution in [3.8, 4) is 11.4 Å². The summed E-state index contributed by atoms with van der Waals surface area (Å²) in [5.41, 5.74) is 4.54. The number of aromatic nitrogens is 3. The zero-order valence-electron chi connectivity index (χ0n) is 16.4. The van der Waals surface area contributed by atoms with Gasteiger partial charge >= 0.3 is 0 Å². The fourth-order valence-electron chi connectivity index (χ4n) is 2.94. The fraction of sp³-hybridized carbons (Fsp3) is 0.261. The molecule has 0 amide bonds. The molecule has 1 aromatic heterocycles. The Morgan fingerprint density at radius 3 is 2.57 bits per heavy atom. The zero-order valence-corrected chi connectivity index (χ0v) is 17.2. The van der Waals surface area contributed by atoms with Gasteiger partial charge in [-0.15, -0.1) is 0 Å². The minimum atomic E-state index is 0.486. The van der Waals surface area contributed by atoms with E-state index in [0.29, 0.717) is 10.6 Å². The van der Waals surface area contributed by atoms with Gasteiger partial charge in [0.05, 0.1) is 6.21 Å². The Hall–Kier alpha value is -2.79. The number of allylic oxidation sites excluding steroid dienone is 1. The number of rotatable bonds is 8. The molecule has 0 unspecified atom stereocenters. The first-order valence-electron chi connectivity index (χ1n) is 9.72. The van der Waals surface area contributed by atoms with Gasteiger partial charge in [-0.3, -0.25) is 0 Å². The van der Waals surface area contributed by atoms with Crippen molar-refractivity contribution in [3.63, 3.8) is 0 Å². The molecular weight excluding hydrogens is 364 g/mol. The Kier molecular flexibility index (Phi) is 7.09. The number of hydrogen-bond acceptors (Lipinski definition) is 3. The van der Waals surface area contributed by atoms with E-state index in [1.807, 2.05) is 36.5 Å².